The number of hydrogen-bond donors (Lipinski definition) is 2. The first-order valence-corrected chi connectivity index (χ1v) is 10.5. The van der Waals surface area contributed by atoms with Gasteiger partial charge in [-0.1, -0.05) is 36.4 Å². The molecule has 0 radical (unpaired) electrons. The molecule has 0 saturated carbocycles. The first kappa shape index (κ1) is 20.6. The van der Waals surface area contributed by atoms with Crippen LogP contribution in [0.1, 0.15) is 46.8 Å². The molecule has 158 valence electrons. The number of rotatable bonds is 8. The van der Waals surface area contributed by atoms with Crippen molar-refractivity contribution in [1.82, 2.24) is 0 Å². The molecule has 0 bridgehead atoms. The lowest BCUT2D eigenvalue weighted by Gasteiger charge is -2.24. The number of anilines is 1. The summed E-state index contributed by atoms with van der Waals surface area (Å²) in [5.74, 6) is -1.51. The number of nitrogens with one attached hydrogen (secondary N) is 1. The predicted octanol–water partition coefficient (Wildman–Crippen LogP) is 3.46. The topological polar surface area (TPSA) is 84.9 Å². The van der Waals surface area contributed by atoms with Crippen LogP contribution >= 0.6 is 0 Å². The summed E-state index contributed by atoms with van der Waals surface area (Å²) in [4.78, 5) is 25.0. The molecule has 2 aliphatic carbocycles. The van der Waals surface area contributed by atoms with Gasteiger partial charge in [-0.15, -0.1) is 0 Å². The second-order valence-electron chi connectivity index (χ2n) is 7.93. The van der Waals surface area contributed by atoms with Crippen molar-refractivity contribution in [3.05, 3.63) is 64.2 Å². The largest absolute Gasteiger partial charge is 0.479 e. The second kappa shape index (κ2) is 8.98. The molecule has 0 saturated heterocycles. The minimum atomic E-state index is -1.24. The van der Waals surface area contributed by atoms with Crippen molar-refractivity contribution >= 4 is 17.6 Å². The van der Waals surface area contributed by atoms with Gasteiger partial charge in [-0.05, 0) is 66.3 Å². The highest BCUT2D eigenvalue weighted by Crippen LogP contribution is 2.39. The maximum Gasteiger partial charge on any atom is 0.335 e. The van der Waals surface area contributed by atoms with Crippen LogP contribution < -0.4 is 5.32 Å². The van der Waals surface area contributed by atoms with E-state index >= 15 is 0 Å². The van der Waals surface area contributed by atoms with Crippen LogP contribution in [0.25, 0.3) is 0 Å². The molecule has 1 amide bonds. The Morgan fingerprint density at radius 1 is 1.03 bits per heavy atom. The van der Waals surface area contributed by atoms with E-state index < -0.39 is 18.2 Å². The minimum absolute atomic E-state index is 0.137. The maximum atomic E-state index is 13.4. The fourth-order valence-corrected chi connectivity index (χ4v) is 4.56. The average Bonchev–Trinajstić information content (AvgIpc) is 3.40. The number of hydrogen-bond acceptors (Lipinski definition) is 4. The van der Waals surface area contributed by atoms with Crippen LogP contribution in [0.3, 0.4) is 0 Å². The highest BCUT2D eigenvalue weighted by atomic mass is 16.6. The van der Waals surface area contributed by atoms with E-state index in [-0.39, 0.29) is 12.5 Å². The molecule has 0 spiro atoms. The molecule has 2 aliphatic rings. The maximum absolute atomic E-state index is 13.4. The molecule has 0 aromatic heterocycles. The Bertz CT molecular complexity index is 908. The summed E-state index contributed by atoms with van der Waals surface area (Å²) in [6.45, 7) is -0.137. The molecule has 2 aromatic rings. The van der Waals surface area contributed by atoms with Crippen LogP contribution in [0.4, 0.5) is 5.69 Å². The molecule has 0 fully saturated rings. The van der Waals surface area contributed by atoms with E-state index in [9.17, 15) is 14.7 Å². The molecule has 1 unspecified atom stereocenters. The Balaban J connectivity index is 1.66. The van der Waals surface area contributed by atoms with Crippen LogP contribution in [0.2, 0.25) is 0 Å². The number of carboxylic acid groups (broad SMARTS) is 1. The van der Waals surface area contributed by atoms with Gasteiger partial charge >= 0.3 is 5.97 Å². The molecule has 6 heteroatoms. The molecule has 0 aliphatic heterocycles. The third-order valence-corrected chi connectivity index (χ3v) is 5.96. The van der Waals surface area contributed by atoms with Crippen molar-refractivity contribution in [2.75, 3.05) is 19.0 Å². The summed E-state index contributed by atoms with van der Waals surface area (Å²) in [6, 6.07) is 11.3. The summed E-state index contributed by atoms with van der Waals surface area (Å²) in [5.41, 5.74) is 6.63. The zero-order chi connectivity index (χ0) is 21.1. The third-order valence-electron chi connectivity index (χ3n) is 5.96. The van der Waals surface area contributed by atoms with Gasteiger partial charge in [0.15, 0.2) is 12.2 Å². The van der Waals surface area contributed by atoms with Gasteiger partial charge in [0, 0.05) is 12.8 Å². The quantitative estimate of drug-likeness (QED) is 0.698. The Labute approximate surface area is 176 Å². The molecule has 2 atom stereocenters. The van der Waals surface area contributed by atoms with E-state index in [4.69, 9.17) is 9.47 Å². The van der Waals surface area contributed by atoms with Crippen LogP contribution in [0, 0.1) is 0 Å². The molecule has 2 N–H and O–H groups in total. The van der Waals surface area contributed by atoms with Gasteiger partial charge in [-0.2, -0.15) is 0 Å². The van der Waals surface area contributed by atoms with Gasteiger partial charge in [0.25, 0.3) is 5.91 Å². The fraction of sp³-hybridized carbons (Fsp3) is 0.417. The number of ether oxygens (including phenoxy) is 2. The number of aliphatic carboxylic acids is 1. The van der Waals surface area contributed by atoms with Crippen LogP contribution in [0.5, 0.6) is 0 Å². The number of carbonyl (C=O) groups is 2. The van der Waals surface area contributed by atoms with Gasteiger partial charge in [0.05, 0.1) is 6.61 Å². The number of aryl methyl sites for hydroxylation is 2. The Kier molecular flexibility index (Phi) is 6.16. The van der Waals surface area contributed by atoms with Crippen LogP contribution in [-0.2, 0) is 44.7 Å². The van der Waals surface area contributed by atoms with E-state index in [1.165, 1.54) is 29.4 Å². The lowest BCUT2D eigenvalue weighted by Crippen LogP contribution is -2.35. The third kappa shape index (κ3) is 4.11. The van der Waals surface area contributed by atoms with Crippen LogP contribution in [-0.4, -0.2) is 36.8 Å². The summed E-state index contributed by atoms with van der Waals surface area (Å²) >= 11 is 0. The van der Waals surface area contributed by atoms with E-state index in [1.807, 2.05) is 18.2 Å². The lowest BCUT2D eigenvalue weighted by atomic mass is 9.98. The highest BCUT2D eigenvalue weighted by Gasteiger charge is 2.31. The summed E-state index contributed by atoms with van der Waals surface area (Å²) in [6.07, 6.45) is 3.89. The normalized spacial score (nSPS) is 16.6. The standard InChI is InChI=1S/C24H27NO5/c1-29-14-20(24(27)28)30-22(15-7-3-2-4-8-15)23(26)25-21-18-11-5-9-16(18)13-17-10-6-12-19(17)21/h2-4,7-8,13,20,22H,5-6,9-12,14H2,1H3,(H,25,26)(H,27,28)/t20-,22?/m1/s1. The summed E-state index contributed by atoms with van der Waals surface area (Å²) in [7, 11) is 1.41. The summed E-state index contributed by atoms with van der Waals surface area (Å²) < 4.78 is 10.8. The fourth-order valence-electron chi connectivity index (χ4n) is 4.56. The molecule has 2 aromatic carbocycles. The zero-order valence-electron chi connectivity index (χ0n) is 17.1. The first-order valence-electron chi connectivity index (χ1n) is 10.5. The Hall–Kier alpha value is -2.70. The number of carbonyl (C=O) groups excluding carboxylic acids is 1. The molecular formula is C24H27NO5. The molecule has 0 heterocycles. The first-order chi connectivity index (χ1) is 14.6. The highest BCUT2D eigenvalue weighted by molar-refractivity contribution is 5.97. The zero-order valence-corrected chi connectivity index (χ0v) is 17.1. The van der Waals surface area contributed by atoms with Gasteiger partial charge < -0.3 is 19.9 Å². The Morgan fingerprint density at radius 2 is 1.67 bits per heavy atom. The van der Waals surface area contributed by atoms with Crippen molar-refractivity contribution in [3.8, 4) is 0 Å². The smallest absolute Gasteiger partial charge is 0.335 e. The number of benzene rings is 2. The van der Waals surface area contributed by atoms with Crippen LogP contribution in [0.15, 0.2) is 36.4 Å². The molecule has 6 nitrogen and oxygen atoms in total. The van der Waals surface area contributed by atoms with Gasteiger partial charge in [-0.3, -0.25) is 4.79 Å². The second-order valence-corrected chi connectivity index (χ2v) is 7.93. The van der Waals surface area contributed by atoms with E-state index in [1.54, 1.807) is 12.1 Å². The van der Waals surface area contributed by atoms with Crippen molar-refractivity contribution in [2.24, 2.45) is 0 Å². The Morgan fingerprint density at radius 3 is 2.23 bits per heavy atom. The van der Waals surface area contributed by atoms with E-state index in [0.717, 1.165) is 44.2 Å². The molecular weight excluding hydrogens is 382 g/mol. The average molecular weight is 409 g/mol. The number of amides is 1. The van der Waals surface area contributed by atoms with Crippen molar-refractivity contribution < 1.29 is 24.2 Å². The van der Waals surface area contributed by atoms with Gasteiger partial charge in [-0.25, -0.2) is 4.79 Å². The number of fused-ring (bicyclic) bond motifs is 2. The van der Waals surface area contributed by atoms with E-state index in [2.05, 4.69) is 11.4 Å². The van der Waals surface area contributed by atoms with E-state index in [0.29, 0.717) is 5.56 Å². The van der Waals surface area contributed by atoms with Crippen molar-refractivity contribution in [2.45, 2.75) is 50.7 Å². The summed E-state index contributed by atoms with van der Waals surface area (Å²) in [5, 5.41) is 12.6. The number of carboxylic acids is 1. The minimum Gasteiger partial charge on any atom is -0.479 e. The molecule has 4 rings (SSSR count). The van der Waals surface area contributed by atoms with Gasteiger partial charge in [0.1, 0.15) is 0 Å². The number of methoxy groups -OCH3 is 1. The molecule has 30 heavy (non-hydrogen) atoms. The lowest BCUT2D eigenvalue weighted by molar-refractivity contribution is -0.161. The van der Waals surface area contributed by atoms with Crippen molar-refractivity contribution in [3.63, 3.8) is 0 Å². The SMILES string of the molecule is COC[C@@H](OC(C(=O)Nc1c2c(cc3c1CCC3)CCC2)c1ccccc1)C(=O)O. The van der Waals surface area contributed by atoms with Gasteiger partial charge in [0.2, 0.25) is 0 Å². The monoisotopic (exact) mass is 409 g/mol. The van der Waals surface area contributed by atoms with Crippen molar-refractivity contribution in [1.29, 1.82) is 0 Å². The predicted molar refractivity (Wildman–Crippen MR) is 113 cm³/mol.